The number of sulfonamides is 1. The van der Waals surface area contributed by atoms with E-state index in [-0.39, 0.29) is 35.3 Å². The fraction of sp³-hybridized carbons (Fsp3) is 0.579. The number of likely N-dealkylation sites (tertiary alicyclic amines) is 1. The summed E-state index contributed by atoms with van der Waals surface area (Å²) in [6.07, 6.45) is 2.85. The Hall–Kier alpha value is -1.97. The molecule has 154 valence electrons. The SMILES string of the molecule is COC(=O)C1CCN(C(=O)c2ccc(S(=O)(=O)NCC3CCCO3)cc2)CC1. The summed E-state index contributed by atoms with van der Waals surface area (Å²) in [5.74, 6) is -0.576. The Bertz CT molecular complexity index is 794. The lowest BCUT2D eigenvalue weighted by Gasteiger charge is -2.30. The Balaban J connectivity index is 1.57. The molecule has 0 spiro atoms. The number of ether oxygens (including phenoxy) is 2. The third-order valence-corrected chi connectivity index (χ3v) is 6.69. The molecule has 2 fully saturated rings. The maximum absolute atomic E-state index is 12.6. The van der Waals surface area contributed by atoms with E-state index in [1.165, 1.54) is 31.4 Å². The van der Waals surface area contributed by atoms with Gasteiger partial charge in [0.05, 0.1) is 24.0 Å². The van der Waals surface area contributed by atoms with Crippen molar-refractivity contribution in [3.8, 4) is 0 Å². The molecule has 1 aromatic rings. The first-order valence-electron chi connectivity index (χ1n) is 9.49. The monoisotopic (exact) mass is 410 g/mol. The second kappa shape index (κ2) is 9.02. The topological polar surface area (TPSA) is 102 Å². The number of nitrogens with one attached hydrogen (secondary N) is 1. The minimum absolute atomic E-state index is 0.0801. The minimum Gasteiger partial charge on any atom is -0.469 e. The molecule has 2 heterocycles. The maximum Gasteiger partial charge on any atom is 0.308 e. The van der Waals surface area contributed by atoms with Crippen molar-refractivity contribution < 1.29 is 27.5 Å². The molecule has 1 amide bonds. The lowest BCUT2D eigenvalue weighted by molar-refractivity contribution is -0.146. The lowest BCUT2D eigenvalue weighted by atomic mass is 9.96. The van der Waals surface area contributed by atoms with Crippen LogP contribution in [0.5, 0.6) is 0 Å². The van der Waals surface area contributed by atoms with Crippen LogP contribution in [0, 0.1) is 5.92 Å². The van der Waals surface area contributed by atoms with Gasteiger partial charge in [0.1, 0.15) is 0 Å². The van der Waals surface area contributed by atoms with Crippen LogP contribution in [0.3, 0.4) is 0 Å². The second-order valence-electron chi connectivity index (χ2n) is 7.10. The van der Waals surface area contributed by atoms with Crippen LogP contribution in [-0.2, 0) is 24.3 Å². The van der Waals surface area contributed by atoms with Gasteiger partial charge < -0.3 is 14.4 Å². The Labute approximate surface area is 165 Å². The third kappa shape index (κ3) is 4.89. The van der Waals surface area contributed by atoms with Crippen LogP contribution in [0.4, 0.5) is 0 Å². The van der Waals surface area contributed by atoms with Crippen molar-refractivity contribution >= 4 is 21.9 Å². The molecule has 0 aromatic heterocycles. The Morgan fingerprint density at radius 2 is 1.86 bits per heavy atom. The van der Waals surface area contributed by atoms with Crippen molar-refractivity contribution in [2.75, 3.05) is 33.4 Å². The van der Waals surface area contributed by atoms with Gasteiger partial charge in [0.25, 0.3) is 5.91 Å². The molecule has 1 aromatic carbocycles. The molecule has 9 heteroatoms. The molecular formula is C19H26N2O6S. The van der Waals surface area contributed by atoms with E-state index in [2.05, 4.69) is 4.72 Å². The Morgan fingerprint density at radius 1 is 1.18 bits per heavy atom. The summed E-state index contributed by atoms with van der Waals surface area (Å²) in [6, 6.07) is 5.92. The molecule has 0 aliphatic carbocycles. The molecule has 1 atom stereocenters. The number of benzene rings is 1. The molecule has 0 radical (unpaired) electrons. The zero-order valence-electron chi connectivity index (χ0n) is 15.9. The third-order valence-electron chi connectivity index (χ3n) is 5.25. The van der Waals surface area contributed by atoms with E-state index in [1.807, 2.05) is 0 Å². The first kappa shape index (κ1) is 20.8. The molecule has 8 nitrogen and oxygen atoms in total. The van der Waals surface area contributed by atoms with E-state index < -0.39 is 10.0 Å². The van der Waals surface area contributed by atoms with Gasteiger partial charge in [-0.1, -0.05) is 0 Å². The van der Waals surface area contributed by atoms with Gasteiger partial charge in [-0.3, -0.25) is 9.59 Å². The average Bonchev–Trinajstić information content (AvgIpc) is 3.25. The van der Waals surface area contributed by atoms with Gasteiger partial charge in [-0.15, -0.1) is 0 Å². The second-order valence-corrected chi connectivity index (χ2v) is 8.87. The summed E-state index contributed by atoms with van der Waals surface area (Å²) in [5, 5.41) is 0. The van der Waals surface area contributed by atoms with Crippen LogP contribution in [0.1, 0.15) is 36.0 Å². The van der Waals surface area contributed by atoms with E-state index in [0.29, 0.717) is 38.1 Å². The summed E-state index contributed by atoms with van der Waals surface area (Å²) >= 11 is 0. The lowest BCUT2D eigenvalue weighted by Crippen LogP contribution is -2.40. The smallest absolute Gasteiger partial charge is 0.308 e. The summed E-state index contributed by atoms with van der Waals surface area (Å²) in [5.41, 5.74) is 0.426. The van der Waals surface area contributed by atoms with Crippen molar-refractivity contribution in [3.63, 3.8) is 0 Å². The zero-order chi connectivity index (χ0) is 20.1. The summed E-state index contributed by atoms with van der Waals surface area (Å²) in [6.45, 7) is 1.86. The van der Waals surface area contributed by atoms with Crippen LogP contribution >= 0.6 is 0 Å². The van der Waals surface area contributed by atoms with Crippen molar-refractivity contribution in [2.45, 2.75) is 36.7 Å². The van der Waals surface area contributed by atoms with Gasteiger partial charge in [0.2, 0.25) is 10.0 Å². The molecule has 1 unspecified atom stereocenters. The molecule has 2 aliphatic rings. The molecule has 0 saturated carbocycles. The number of carbonyl (C=O) groups is 2. The van der Waals surface area contributed by atoms with E-state index >= 15 is 0 Å². The normalized spacial score (nSPS) is 20.9. The standard InChI is InChI=1S/C19H26N2O6S/c1-26-19(23)15-8-10-21(11-9-15)18(22)14-4-6-17(7-5-14)28(24,25)20-13-16-3-2-12-27-16/h4-7,15-16,20H,2-3,8-13H2,1H3. The Morgan fingerprint density at radius 3 is 2.43 bits per heavy atom. The zero-order valence-corrected chi connectivity index (χ0v) is 16.7. The molecule has 1 N–H and O–H groups in total. The van der Waals surface area contributed by atoms with Crippen molar-refractivity contribution in [1.82, 2.24) is 9.62 Å². The summed E-state index contributed by atoms with van der Waals surface area (Å²) < 4.78 is 37.5. The fourth-order valence-corrected chi connectivity index (χ4v) is 4.60. The van der Waals surface area contributed by atoms with Gasteiger partial charge in [-0.2, -0.15) is 0 Å². The van der Waals surface area contributed by atoms with Crippen LogP contribution in [0.2, 0.25) is 0 Å². The van der Waals surface area contributed by atoms with Gasteiger partial charge in [0.15, 0.2) is 0 Å². The highest BCUT2D eigenvalue weighted by Crippen LogP contribution is 2.21. The van der Waals surface area contributed by atoms with E-state index in [1.54, 1.807) is 4.90 Å². The molecule has 2 saturated heterocycles. The number of esters is 1. The number of nitrogens with zero attached hydrogens (tertiary/aromatic N) is 1. The number of carbonyl (C=O) groups excluding carboxylic acids is 2. The van der Waals surface area contributed by atoms with Crippen LogP contribution in [-0.4, -0.2) is 64.6 Å². The first-order valence-corrected chi connectivity index (χ1v) is 11.0. The minimum atomic E-state index is -3.64. The molecule has 2 aliphatic heterocycles. The van der Waals surface area contributed by atoms with Crippen LogP contribution < -0.4 is 4.72 Å². The maximum atomic E-state index is 12.6. The van der Waals surface area contributed by atoms with Crippen molar-refractivity contribution in [2.24, 2.45) is 5.92 Å². The number of hydrogen-bond donors (Lipinski definition) is 1. The largest absolute Gasteiger partial charge is 0.469 e. The van der Waals surface area contributed by atoms with Gasteiger partial charge in [-0.05, 0) is 49.9 Å². The highest BCUT2D eigenvalue weighted by atomic mass is 32.2. The average molecular weight is 410 g/mol. The highest BCUT2D eigenvalue weighted by Gasteiger charge is 2.28. The van der Waals surface area contributed by atoms with Crippen LogP contribution in [0.15, 0.2) is 29.2 Å². The molecule has 0 bridgehead atoms. The summed E-state index contributed by atoms with van der Waals surface area (Å²) in [4.78, 5) is 26.0. The predicted molar refractivity (Wildman–Crippen MR) is 101 cm³/mol. The van der Waals surface area contributed by atoms with Crippen molar-refractivity contribution in [1.29, 1.82) is 0 Å². The predicted octanol–water partition coefficient (Wildman–Crippen LogP) is 1.17. The summed E-state index contributed by atoms with van der Waals surface area (Å²) in [7, 11) is -2.27. The van der Waals surface area contributed by atoms with E-state index in [4.69, 9.17) is 9.47 Å². The highest BCUT2D eigenvalue weighted by molar-refractivity contribution is 7.89. The number of methoxy groups -OCH3 is 1. The van der Waals surface area contributed by atoms with Gasteiger partial charge >= 0.3 is 5.97 Å². The molecule has 3 rings (SSSR count). The number of hydrogen-bond acceptors (Lipinski definition) is 6. The fourth-order valence-electron chi connectivity index (χ4n) is 3.54. The quantitative estimate of drug-likeness (QED) is 0.707. The molecular weight excluding hydrogens is 384 g/mol. The molecule has 28 heavy (non-hydrogen) atoms. The number of rotatable bonds is 6. The van der Waals surface area contributed by atoms with Crippen LogP contribution in [0.25, 0.3) is 0 Å². The van der Waals surface area contributed by atoms with Gasteiger partial charge in [0, 0.05) is 31.8 Å². The Kier molecular flexibility index (Phi) is 6.69. The first-order chi connectivity index (χ1) is 13.4. The van der Waals surface area contributed by atoms with Crippen molar-refractivity contribution in [3.05, 3.63) is 29.8 Å². The number of piperidine rings is 1. The van der Waals surface area contributed by atoms with Gasteiger partial charge in [-0.25, -0.2) is 13.1 Å². The van der Waals surface area contributed by atoms with E-state index in [9.17, 15) is 18.0 Å². The number of amides is 1. The van der Waals surface area contributed by atoms with E-state index in [0.717, 1.165) is 12.8 Å².